The molecule has 3 aromatic rings. The van der Waals surface area contributed by atoms with Crippen LogP contribution in [0.4, 0.5) is 5.69 Å². The van der Waals surface area contributed by atoms with Gasteiger partial charge in [-0.1, -0.05) is 6.07 Å². The molecule has 3 aromatic heterocycles. The summed E-state index contributed by atoms with van der Waals surface area (Å²) in [5.41, 5.74) is 2.30. The number of hydrogen-bond acceptors (Lipinski definition) is 5. The van der Waals surface area contributed by atoms with Crippen molar-refractivity contribution in [1.29, 1.82) is 0 Å². The summed E-state index contributed by atoms with van der Waals surface area (Å²) >= 11 is 0. The first-order chi connectivity index (χ1) is 11.3. The van der Waals surface area contributed by atoms with E-state index < -0.39 is 0 Å². The van der Waals surface area contributed by atoms with Gasteiger partial charge in [0.2, 0.25) is 0 Å². The maximum Gasteiger partial charge on any atom is 0.274 e. The third-order valence-electron chi connectivity index (χ3n) is 3.66. The first kappa shape index (κ1) is 13.6. The lowest BCUT2D eigenvalue weighted by atomic mass is 10.2. The Kier molecular flexibility index (Phi) is 3.30. The summed E-state index contributed by atoms with van der Waals surface area (Å²) in [7, 11) is 0. The number of H-pyrrole nitrogens is 1. The number of nitrogens with zero attached hydrogens (tertiary/aromatic N) is 4. The average molecular weight is 306 g/mol. The van der Waals surface area contributed by atoms with Crippen molar-refractivity contribution in [3.8, 4) is 11.4 Å². The van der Waals surface area contributed by atoms with E-state index in [1.54, 1.807) is 24.7 Å². The highest BCUT2D eigenvalue weighted by molar-refractivity contribution is 6.04. The number of amides is 1. The van der Waals surface area contributed by atoms with Crippen LogP contribution in [0.5, 0.6) is 0 Å². The molecule has 0 spiro atoms. The minimum absolute atomic E-state index is 0.284. The molecule has 0 radical (unpaired) electrons. The number of pyridine rings is 1. The van der Waals surface area contributed by atoms with Crippen molar-refractivity contribution in [2.45, 2.75) is 18.8 Å². The SMILES string of the molecule is O=C(Nc1cn[nH]c1-c1ccccn1)c1ccnc(C2CC2)n1. The number of rotatable bonds is 4. The van der Waals surface area contributed by atoms with Crippen LogP contribution in [0.25, 0.3) is 11.4 Å². The Morgan fingerprint density at radius 2 is 2.09 bits per heavy atom. The van der Waals surface area contributed by atoms with Gasteiger partial charge in [0.1, 0.15) is 17.2 Å². The largest absolute Gasteiger partial charge is 0.317 e. The molecule has 0 unspecified atom stereocenters. The quantitative estimate of drug-likeness (QED) is 0.771. The minimum atomic E-state index is -0.284. The van der Waals surface area contributed by atoms with E-state index in [-0.39, 0.29) is 5.91 Å². The van der Waals surface area contributed by atoms with Crippen molar-refractivity contribution < 1.29 is 4.79 Å². The zero-order chi connectivity index (χ0) is 15.6. The summed E-state index contributed by atoms with van der Waals surface area (Å²) in [5.74, 6) is 0.864. The molecular weight excluding hydrogens is 292 g/mol. The van der Waals surface area contributed by atoms with E-state index in [9.17, 15) is 4.79 Å². The highest BCUT2D eigenvalue weighted by Crippen LogP contribution is 2.37. The molecule has 1 saturated carbocycles. The molecule has 4 rings (SSSR count). The molecule has 114 valence electrons. The van der Waals surface area contributed by atoms with E-state index in [0.717, 1.165) is 18.7 Å². The van der Waals surface area contributed by atoms with Gasteiger partial charge < -0.3 is 5.32 Å². The monoisotopic (exact) mass is 306 g/mol. The Morgan fingerprint density at radius 3 is 2.87 bits per heavy atom. The summed E-state index contributed by atoms with van der Waals surface area (Å²) in [4.78, 5) is 25.3. The summed E-state index contributed by atoms with van der Waals surface area (Å²) in [5, 5.41) is 9.68. The fraction of sp³-hybridized carbons (Fsp3) is 0.188. The van der Waals surface area contributed by atoms with Gasteiger partial charge in [0, 0.05) is 18.3 Å². The summed E-state index contributed by atoms with van der Waals surface area (Å²) < 4.78 is 0. The molecule has 0 bridgehead atoms. The van der Waals surface area contributed by atoms with E-state index in [4.69, 9.17) is 0 Å². The fourth-order valence-corrected chi connectivity index (χ4v) is 2.31. The van der Waals surface area contributed by atoms with Gasteiger partial charge in [0.15, 0.2) is 0 Å². The normalized spacial score (nSPS) is 13.7. The smallest absolute Gasteiger partial charge is 0.274 e. The van der Waals surface area contributed by atoms with Crippen LogP contribution in [-0.4, -0.2) is 31.1 Å². The molecule has 7 nitrogen and oxygen atoms in total. The van der Waals surface area contributed by atoms with Gasteiger partial charge in [-0.25, -0.2) is 9.97 Å². The van der Waals surface area contributed by atoms with Crippen LogP contribution >= 0.6 is 0 Å². The topological polar surface area (TPSA) is 96.5 Å². The molecule has 1 aliphatic carbocycles. The molecule has 3 heterocycles. The number of anilines is 1. The second-order valence-corrected chi connectivity index (χ2v) is 5.40. The van der Waals surface area contributed by atoms with Crippen molar-refractivity contribution in [2.75, 3.05) is 5.32 Å². The van der Waals surface area contributed by atoms with E-state index in [2.05, 4.69) is 30.5 Å². The summed E-state index contributed by atoms with van der Waals surface area (Å²) in [6, 6.07) is 7.17. The third-order valence-corrected chi connectivity index (χ3v) is 3.66. The van der Waals surface area contributed by atoms with Crippen molar-refractivity contribution in [3.63, 3.8) is 0 Å². The van der Waals surface area contributed by atoms with Gasteiger partial charge in [0.25, 0.3) is 5.91 Å². The second-order valence-electron chi connectivity index (χ2n) is 5.40. The van der Waals surface area contributed by atoms with Gasteiger partial charge in [0.05, 0.1) is 17.6 Å². The molecule has 23 heavy (non-hydrogen) atoms. The number of carbonyl (C=O) groups is 1. The van der Waals surface area contributed by atoms with Crippen LogP contribution in [0.1, 0.15) is 35.1 Å². The van der Waals surface area contributed by atoms with Gasteiger partial charge in [-0.3, -0.25) is 14.9 Å². The highest BCUT2D eigenvalue weighted by Gasteiger charge is 2.27. The van der Waals surface area contributed by atoms with Gasteiger partial charge in [-0.2, -0.15) is 5.10 Å². The molecule has 1 aliphatic rings. The maximum absolute atomic E-state index is 12.4. The van der Waals surface area contributed by atoms with Crippen molar-refractivity contribution >= 4 is 11.6 Å². The molecule has 1 amide bonds. The number of hydrogen-bond donors (Lipinski definition) is 2. The van der Waals surface area contributed by atoms with Crippen molar-refractivity contribution in [2.24, 2.45) is 0 Å². The van der Waals surface area contributed by atoms with Gasteiger partial charge >= 0.3 is 0 Å². The molecule has 0 aliphatic heterocycles. The van der Waals surface area contributed by atoms with E-state index in [1.807, 2.05) is 18.2 Å². The van der Waals surface area contributed by atoms with Crippen LogP contribution in [0.3, 0.4) is 0 Å². The Labute approximate surface area is 132 Å². The number of aromatic amines is 1. The first-order valence-electron chi connectivity index (χ1n) is 7.40. The minimum Gasteiger partial charge on any atom is -0.317 e. The van der Waals surface area contributed by atoms with Crippen LogP contribution in [-0.2, 0) is 0 Å². The Bertz CT molecular complexity index is 841. The number of carbonyl (C=O) groups excluding carboxylic acids is 1. The fourth-order valence-electron chi connectivity index (χ4n) is 2.31. The van der Waals surface area contributed by atoms with Crippen molar-refractivity contribution in [3.05, 3.63) is 54.4 Å². The lowest BCUT2D eigenvalue weighted by molar-refractivity contribution is 0.102. The average Bonchev–Trinajstić information content (AvgIpc) is 3.36. The predicted octanol–water partition coefficient (Wildman–Crippen LogP) is 2.39. The maximum atomic E-state index is 12.4. The molecule has 0 atom stereocenters. The number of nitrogens with one attached hydrogen (secondary N) is 2. The van der Waals surface area contributed by atoms with Crippen LogP contribution in [0, 0.1) is 0 Å². The molecule has 1 fully saturated rings. The van der Waals surface area contributed by atoms with Crippen molar-refractivity contribution in [1.82, 2.24) is 25.1 Å². The first-order valence-corrected chi connectivity index (χ1v) is 7.40. The third kappa shape index (κ3) is 2.80. The molecule has 7 heteroatoms. The molecule has 0 saturated heterocycles. The van der Waals surface area contributed by atoms with Crippen LogP contribution < -0.4 is 5.32 Å². The van der Waals surface area contributed by atoms with E-state index >= 15 is 0 Å². The van der Waals surface area contributed by atoms with E-state index in [0.29, 0.717) is 28.7 Å². The molecular formula is C16H14N6O. The van der Waals surface area contributed by atoms with Crippen LogP contribution in [0.15, 0.2) is 42.9 Å². The molecule has 0 aromatic carbocycles. The van der Waals surface area contributed by atoms with Gasteiger partial charge in [-0.15, -0.1) is 0 Å². The predicted molar refractivity (Wildman–Crippen MR) is 83.8 cm³/mol. The van der Waals surface area contributed by atoms with E-state index in [1.165, 1.54) is 0 Å². The Balaban J connectivity index is 1.58. The number of aromatic nitrogens is 5. The zero-order valence-electron chi connectivity index (χ0n) is 12.2. The Hall–Kier alpha value is -3.09. The standard InChI is InChI=1S/C16H14N6O/c23-16(12-6-8-18-15(20-12)10-4-5-10)21-13-9-19-22-14(13)11-3-1-2-7-17-11/h1-3,6-10H,4-5H2,(H,19,22)(H,21,23). The lowest BCUT2D eigenvalue weighted by Gasteiger charge is -2.06. The zero-order valence-corrected chi connectivity index (χ0v) is 12.2. The molecule has 2 N–H and O–H groups in total. The van der Waals surface area contributed by atoms with Crippen LogP contribution in [0.2, 0.25) is 0 Å². The lowest BCUT2D eigenvalue weighted by Crippen LogP contribution is -2.15. The Morgan fingerprint density at radius 1 is 1.17 bits per heavy atom. The summed E-state index contributed by atoms with van der Waals surface area (Å²) in [6.45, 7) is 0. The second kappa shape index (κ2) is 5.60. The summed E-state index contributed by atoms with van der Waals surface area (Å²) in [6.07, 6.45) is 7.07. The highest BCUT2D eigenvalue weighted by atomic mass is 16.1. The van der Waals surface area contributed by atoms with Gasteiger partial charge in [-0.05, 0) is 31.0 Å².